The number of hydrogen-bond acceptors (Lipinski definition) is 3. The van der Waals surface area contributed by atoms with Crippen LogP contribution in [0.3, 0.4) is 0 Å². The van der Waals surface area contributed by atoms with E-state index in [9.17, 15) is 4.79 Å². The first-order valence-electron chi connectivity index (χ1n) is 5.01. The normalized spacial score (nSPS) is 10.1. The van der Waals surface area contributed by atoms with Crippen LogP contribution < -0.4 is 0 Å². The van der Waals surface area contributed by atoms with Crippen LogP contribution in [0.15, 0.2) is 36.5 Å². The smallest absolute Gasteiger partial charge is 0.374 e. The first-order chi connectivity index (χ1) is 7.83. The molecule has 2 rings (SSSR count). The topological polar surface area (TPSA) is 44.1 Å². The zero-order valence-corrected chi connectivity index (χ0v) is 8.88. The molecule has 0 aliphatic heterocycles. The Morgan fingerprint density at radius 2 is 2.19 bits per heavy atom. The molecule has 0 saturated carbocycles. The lowest BCUT2D eigenvalue weighted by molar-refractivity contribution is 0.0510. The Labute approximate surface area is 93.5 Å². The van der Waals surface area contributed by atoms with Crippen molar-refractivity contribution in [1.29, 1.82) is 0 Å². The van der Waals surface area contributed by atoms with Gasteiger partial charge in [0.25, 0.3) is 0 Å². The van der Waals surface area contributed by atoms with Gasteiger partial charge >= 0.3 is 5.97 Å². The number of carbonyl (C=O) groups excluding carboxylic acids is 1. The Hall–Kier alpha value is -2.10. The third-order valence-electron chi connectivity index (χ3n) is 2.06. The third-order valence-corrected chi connectivity index (χ3v) is 2.06. The van der Waals surface area contributed by atoms with Gasteiger partial charge in [-0.15, -0.1) is 0 Å². The predicted molar refractivity (Wildman–Crippen MR) is 58.4 cm³/mol. The zero-order valence-electron chi connectivity index (χ0n) is 8.88. The second-order valence-corrected chi connectivity index (χ2v) is 3.10. The predicted octanol–water partition coefficient (Wildman–Crippen LogP) is 1.85. The highest BCUT2D eigenvalue weighted by Gasteiger charge is 2.14. The van der Waals surface area contributed by atoms with E-state index in [-0.39, 0.29) is 5.82 Å². The molecule has 0 spiro atoms. The van der Waals surface area contributed by atoms with Crippen LogP contribution in [0.5, 0.6) is 0 Å². The minimum Gasteiger partial charge on any atom is -0.460 e. The van der Waals surface area contributed by atoms with E-state index in [0.717, 1.165) is 5.69 Å². The fraction of sp³-hybridized carbons (Fsp3) is 0.167. The van der Waals surface area contributed by atoms with Gasteiger partial charge in [-0.2, -0.15) is 0 Å². The number of benzene rings is 1. The molecule has 0 fully saturated rings. The highest BCUT2D eigenvalue weighted by atomic mass is 16.5. The SMILES string of the molecule is CCOC(=O)c1nc[c]n1-c1ccccc1. The Kier molecular flexibility index (Phi) is 3.00. The van der Waals surface area contributed by atoms with Crippen LogP contribution in [0.25, 0.3) is 5.69 Å². The maximum absolute atomic E-state index is 11.6. The van der Waals surface area contributed by atoms with Gasteiger partial charge in [0.2, 0.25) is 5.82 Å². The average Bonchev–Trinajstić information content (AvgIpc) is 2.79. The van der Waals surface area contributed by atoms with Crippen LogP contribution in [0.2, 0.25) is 0 Å². The van der Waals surface area contributed by atoms with Crippen molar-refractivity contribution in [3.63, 3.8) is 0 Å². The molecule has 0 N–H and O–H groups in total. The van der Waals surface area contributed by atoms with Gasteiger partial charge in [-0.25, -0.2) is 9.78 Å². The minimum absolute atomic E-state index is 0.244. The summed E-state index contributed by atoms with van der Waals surface area (Å²) >= 11 is 0. The number of carbonyl (C=O) groups is 1. The quantitative estimate of drug-likeness (QED) is 0.734. The standard InChI is InChI=1S/C12H11N2O2/c1-2-16-12(15)11-13-8-9-14(11)10-6-4-3-5-7-10/h3-8H,2H2,1H3. The van der Waals surface area contributed by atoms with Gasteiger partial charge in [0.15, 0.2) is 0 Å². The van der Waals surface area contributed by atoms with E-state index in [1.807, 2.05) is 30.3 Å². The summed E-state index contributed by atoms with van der Waals surface area (Å²) in [5.41, 5.74) is 0.836. The molecule has 16 heavy (non-hydrogen) atoms. The van der Waals surface area contributed by atoms with Gasteiger partial charge in [-0.1, -0.05) is 18.2 Å². The lowest BCUT2D eigenvalue weighted by Gasteiger charge is -2.05. The van der Waals surface area contributed by atoms with Gasteiger partial charge in [0.05, 0.1) is 19.0 Å². The van der Waals surface area contributed by atoms with Crippen molar-refractivity contribution in [2.24, 2.45) is 0 Å². The van der Waals surface area contributed by atoms with E-state index < -0.39 is 5.97 Å². The molecule has 4 heteroatoms. The minimum atomic E-state index is -0.437. The van der Waals surface area contributed by atoms with Crippen LogP contribution in [0.1, 0.15) is 17.5 Å². The maximum Gasteiger partial charge on any atom is 0.374 e. The first-order valence-corrected chi connectivity index (χ1v) is 5.01. The number of hydrogen-bond donors (Lipinski definition) is 0. The highest BCUT2D eigenvalue weighted by Crippen LogP contribution is 2.10. The van der Waals surface area contributed by atoms with Crippen molar-refractivity contribution >= 4 is 5.97 Å². The summed E-state index contributed by atoms with van der Waals surface area (Å²) in [4.78, 5) is 15.5. The molecule has 1 heterocycles. The molecule has 1 aromatic carbocycles. The van der Waals surface area contributed by atoms with Crippen molar-refractivity contribution in [3.8, 4) is 5.69 Å². The number of imidazole rings is 1. The van der Waals surface area contributed by atoms with E-state index in [1.54, 1.807) is 11.5 Å². The van der Waals surface area contributed by atoms with Crippen LogP contribution in [0.4, 0.5) is 0 Å². The number of esters is 1. The summed E-state index contributed by atoms with van der Waals surface area (Å²) in [5, 5.41) is 0. The second-order valence-electron chi connectivity index (χ2n) is 3.10. The lowest BCUT2D eigenvalue weighted by Crippen LogP contribution is -2.12. The molecule has 0 bridgehead atoms. The molecule has 0 atom stereocenters. The summed E-state index contributed by atoms with van der Waals surface area (Å²) in [6.07, 6.45) is 4.32. The molecule has 0 amide bonds. The molecule has 0 aliphatic rings. The maximum atomic E-state index is 11.6. The van der Waals surface area contributed by atoms with E-state index in [2.05, 4.69) is 11.2 Å². The summed E-state index contributed by atoms with van der Waals surface area (Å²) in [6.45, 7) is 2.10. The Balaban J connectivity index is 2.37. The fourth-order valence-electron chi connectivity index (χ4n) is 1.38. The van der Waals surface area contributed by atoms with Crippen molar-refractivity contribution in [2.75, 3.05) is 6.61 Å². The summed E-state index contributed by atoms with van der Waals surface area (Å²) in [5.74, 6) is -0.194. The number of ether oxygens (including phenoxy) is 1. The molecule has 0 aliphatic carbocycles. The van der Waals surface area contributed by atoms with E-state index in [0.29, 0.717) is 6.61 Å². The highest BCUT2D eigenvalue weighted by molar-refractivity contribution is 5.86. The Morgan fingerprint density at radius 1 is 1.44 bits per heavy atom. The number of nitrogens with zero attached hydrogens (tertiary/aromatic N) is 2. The summed E-state index contributed by atoms with van der Waals surface area (Å²) in [7, 11) is 0. The van der Waals surface area contributed by atoms with Crippen molar-refractivity contribution in [2.45, 2.75) is 6.92 Å². The number of aromatic nitrogens is 2. The molecule has 4 nitrogen and oxygen atoms in total. The molecule has 2 aromatic rings. The van der Waals surface area contributed by atoms with Crippen molar-refractivity contribution in [3.05, 3.63) is 48.5 Å². The lowest BCUT2D eigenvalue weighted by atomic mass is 10.3. The molecule has 1 aromatic heterocycles. The van der Waals surface area contributed by atoms with E-state index in [4.69, 9.17) is 4.74 Å². The Bertz CT molecular complexity index is 477. The number of para-hydroxylation sites is 1. The van der Waals surface area contributed by atoms with Gasteiger partial charge in [0, 0.05) is 5.69 Å². The fourth-order valence-corrected chi connectivity index (χ4v) is 1.38. The number of rotatable bonds is 3. The zero-order chi connectivity index (χ0) is 11.4. The molecule has 1 radical (unpaired) electrons. The van der Waals surface area contributed by atoms with E-state index >= 15 is 0 Å². The van der Waals surface area contributed by atoms with Crippen LogP contribution in [-0.4, -0.2) is 22.1 Å². The van der Waals surface area contributed by atoms with E-state index in [1.165, 1.54) is 6.20 Å². The third kappa shape index (κ3) is 1.95. The van der Waals surface area contributed by atoms with Crippen LogP contribution in [-0.2, 0) is 4.74 Å². The summed E-state index contributed by atoms with van der Waals surface area (Å²) < 4.78 is 6.49. The van der Waals surface area contributed by atoms with Gasteiger partial charge in [-0.05, 0) is 19.1 Å². The van der Waals surface area contributed by atoms with Gasteiger partial charge < -0.3 is 4.74 Å². The molecular formula is C12H11N2O2. The molecule has 0 saturated heterocycles. The average molecular weight is 215 g/mol. The van der Waals surface area contributed by atoms with Crippen LogP contribution >= 0.6 is 0 Å². The largest absolute Gasteiger partial charge is 0.460 e. The Morgan fingerprint density at radius 3 is 2.88 bits per heavy atom. The monoisotopic (exact) mass is 215 g/mol. The molecule has 81 valence electrons. The molecular weight excluding hydrogens is 204 g/mol. The first kappa shape index (κ1) is 10.4. The molecule has 0 unspecified atom stereocenters. The van der Waals surface area contributed by atoms with Crippen LogP contribution in [0, 0.1) is 6.20 Å². The van der Waals surface area contributed by atoms with Crippen molar-refractivity contribution < 1.29 is 9.53 Å². The summed E-state index contributed by atoms with van der Waals surface area (Å²) in [6, 6.07) is 9.43. The van der Waals surface area contributed by atoms with Crippen molar-refractivity contribution in [1.82, 2.24) is 9.55 Å². The second kappa shape index (κ2) is 4.61. The van der Waals surface area contributed by atoms with Gasteiger partial charge in [0.1, 0.15) is 0 Å². The van der Waals surface area contributed by atoms with Gasteiger partial charge in [-0.3, -0.25) is 4.57 Å².